The second kappa shape index (κ2) is 6.10. The van der Waals surface area contributed by atoms with E-state index in [0.29, 0.717) is 0 Å². The summed E-state index contributed by atoms with van der Waals surface area (Å²) in [5, 5.41) is 0.984. The van der Waals surface area contributed by atoms with Crippen LogP contribution in [0.4, 0.5) is 13.2 Å². The molecule has 106 valence electrons. The molecule has 19 heavy (non-hydrogen) atoms. The van der Waals surface area contributed by atoms with Crippen LogP contribution >= 0.6 is 11.3 Å². The summed E-state index contributed by atoms with van der Waals surface area (Å²) in [5.74, 6) is -0.633. The maximum absolute atomic E-state index is 12.5. The molecule has 1 aromatic rings. The van der Waals surface area contributed by atoms with Crippen molar-refractivity contribution in [3.05, 3.63) is 28.1 Å². The van der Waals surface area contributed by atoms with Gasteiger partial charge in [0.05, 0.1) is 17.7 Å². The van der Waals surface area contributed by atoms with Gasteiger partial charge in [0, 0.05) is 30.6 Å². The lowest BCUT2D eigenvalue weighted by atomic mass is 10.2. The van der Waals surface area contributed by atoms with E-state index in [1.165, 1.54) is 6.20 Å². The number of alkyl halides is 3. The van der Waals surface area contributed by atoms with Gasteiger partial charge in [-0.05, 0) is 13.0 Å². The normalized spacial score (nSPS) is 12.4. The molecule has 0 fully saturated rings. The van der Waals surface area contributed by atoms with E-state index in [-0.39, 0.29) is 17.1 Å². The van der Waals surface area contributed by atoms with Crippen LogP contribution in [-0.2, 0) is 15.7 Å². The molecule has 0 amide bonds. The number of rotatable bonds is 4. The van der Waals surface area contributed by atoms with Crippen molar-refractivity contribution in [2.75, 3.05) is 20.7 Å². The van der Waals surface area contributed by atoms with E-state index in [4.69, 9.17) is 4.74 Å². The van der Waals surface area contributed by atoms with E-state index >= 15 is 0 Å². The highest BCUT2D eigenvalue weighted by atomic mass is 32.1. The summed E-state index contributed by atoms with van der Waals surface area (Å²) in [6.07, 6.45) is -2.96. The van der Waals surface area contributed by atoms with Gasteiger partial charge >= 0.3 is 12.1 Å². The highest BCUT2D eigenvalue weighted by Gasteiger charge is 2.32. The molecule has 0 bridgehead atoms. The zero-order valence-corrected chi connectivity index (χ0v) is 11.6. The predicted octanol–water partition coefficient (Wildman–Crippen LogP) is 3.23. The van der Waals surface area contributed by atoms with Gasteiger partial charge in [-0.1, -0.05) is 0 Å². The largest absolute Gasteiger partial charge is 0.462 e. The first-order chi connectivity index (χ1) is 8.75. The van der Waals surface area contributed by atoms with Crippen LogP contribution in [0.25, 0.3) is 5.57 Å². The molecule has 0 saturated heterocycles. The van der Waals surface area contributed by atoms with Gasteiger partial charge in [-0.3, -0.25) is 0 Å². The lowest BCUT2D eigenvalue weighted by Crippen LogP contribution is -2.11. The van der Waals surface area contributed by atoms with Gasteiger partial charge in [0.15, 0.2) is 0 Å². The van der Waals surface area contributed by atoms with Crippen molar-refractivity contribution < 1.29 is 22.7 Å². The molecule has 0 unspecified atom stereocenters. The summed E-state index contributed by atoms with van der Waals surface area (Å²) >= 11 is 0.865. The number of esters is 1. The summed E-state index contributed by atoms with van der Waals surface area (Å²) in [7, 11) is 3.36. The molecule has 7 heteroatoms. The molecule has 0 aromatic carbocycles. The highest BCUT2D eigenvalue weighted by Crippen LogP contribution is 2.35. The topological polar surface area (TPSA) is 29.5 Å². The average molecular weight is 293 g/mol. The highest BCUT2D eigenvalue weighted by molar-refractivity contribution is 7.11. The maximum atomic E-state index is 12.5. The summed E-state index contributed by atoms with van der Waals surface area (Å²) in [6, 6.07) is 0.955. The Bertz CT molecular complexity index is 478. The monoisotopic (exact) mass is 293 g/mol. The molecule has 0 aliphatic heterocycles. The Hall–Kier alpha value is -1.50. The summed E-state index contributed by atoms with van der Waals surface area (Å²) in [5.41, 5.74) is -0.645. The SMILES string of the molecule is CCOC(=O)/C(=C\N(C)C)c1cc(C(F)(F)F)cs1. The maximum Gasteiger partial charge on any atom is 0.417 e. The van der Waals surface area contributed by atoms with Crippen LogP contribution in [0.1, 0.15) is 17.4 Å². The van der Waals surface area contributed by atoms with Crippen molar-refractivity contribution in [3.8, 4) is 0 Å². The zero-order valence-electron chi connectivity index (χ0n) is 10.7. The fourth-order valence-corrected chi connectivity index (χ4v) is 2.22. The second-order valence-electron chi connectivity index (χ2n) is 3.92. The lowest BCUT2D eigenvalue weighted by Gasteiger charge is -2.10. The van der Waals surface area contributed by atoms with E-state index < -0.39 is 17.7 Å². The number of hydrogen-bond donors (Lipinski definition) is 0. The van der Waals surface area contributed by atoms with Gasteiger partial charge in [0.2, 0.25) is 0 Å². The first-order valence-corrected chi connectivity index (χ1v) is 6.35. The Morgan fingerprint density at radius 2 is 2.11 bits per heavy atom. The van der Waals surface area contributed by atoms with Crippen LogP contribution in [0.5, 0.6) is 0 Å². The Morgan fingerprint density at radius 3 is 2.53 bits per heavy atom. The van der Waals surface area contributed by atoms with Crippen LogP contribution in [0.2, 0.25) is 0 Å². The Kier molecular flexibility index (Phi) is 4.99. The van der Waals surface area contributed by atoms with Crippen LogP contribution in [0.15, 0.2) is 17.6 Å². The molecule has 0 radical (unpaired) electrons. The number of carbonyl (C=O) groups is 1. The van der Waals surface area contributed by atoms with E-state index in [9.17, 15) is 18.0 Å². The number of carbonyl (C=O) groups excluding carboxylic acids is 1. The fraction of sp³-hybridized carbons (Fsp3) is 0.417. The molecule has 3 nitrogen and oxygen atoms in total. The molecule has 0 saturated carbocycles. The molecule has 0 spiro atoms. The van der Waals surface area contributed by atoms with Crippen molar-refractivity contribution in [1.82, 2.24) is 4.90 Å². The molecule has 0 aliphatic carbocycles. The van der Waals surface area contributed by atoms with Crippen LogP contribution in [0.3, 0.4) is 0 Å². The fourth-order valence-electron chi connectivity index (χ4n) is 1.31. The first kappa shape index (κ1) is 15.6. The molecular weight excluding hydrogens is 279 g/mol. The minimum Gasteiger partial charge on any atom is -0.462 e. The third kappa shape index (κ3) is 4.27. The molecule has 0 atom stereocenters. The number of nitrogens with zero attached hydrogens (tertiary/aromatic N) is 1. The van der Waals surface area contributed by atoms with Crippen molar-refractivity contribution in [2.45, 2.75) is 13.1 Å². The lowest BCUT2D eigenvalue weighted by molar-refractivity contribution is -0.138. The van der Waals surface area contributed by atoms with Crippen LogP contribution in [0, 0.1) is 0 Å². The van der Waals surface area contributed by atoms with Gasteiger partial charge in [-0.15, -0.1) is 11.3 Å². The van der Waals surface area contributed by atoms with Crippen molar-refractivity contribution in [3.63, 3.8) is 0 Å². The van der Waals surface area contributed by atoms with Crippen LogP contribution < -0.4 is 0 Å². The second-order valence-corrected chi connectivity index (χ2v) is 4.84. The summed E-state index contributed by atoms with van der Waals surface area (Å²) in [6.45, 7) is 1.81. The third-order valence-electron chi connectivity index (χ3n) is 2.07. The first-order valence-electron chi connectivity index (χ1n) is 5.47. The minimum absolute atomic E-state index is 0.118. The molecule has 0 N–H and O–H groups in total. The smallest absolute Gasteiger partial charge is 0.417 e. The molecular formula is C12H14F3NO2S. The summed E-state index contributed by atoms with van der Waals surface area (Å²) < 4.78 is 42.5. The Labute approximate surface area is 113 Å². The number of hydrogen-bond acceptors (Lipinski definition) is 4. The minimum atomic E-state index is -4.41. The number of thiophene rings is 1. The van der Waals surface area contributed by atoms with Gasteiger partial charge < -0.3 is 9.64 Å². The standard InChI is InChI=1S/C12H14F3NO2S/c1-4-18-11(17)9(6-16(2)3)10-5-8(7-19-10)12(13,14)15/h5-7H,4H2,1-3H3/b9-6-. The molecule has 1 heterocycles. The van der Waals surface area contributed by atoms with Gasteiger partial charge in [-0.2, -0.15) is 13.2 Å². The van der Waals surface area contributed by atoms with Gasteiger partial charge in [0.25, 0.3) is 0 Å². The average Bonchev–Trinajstić information content (AvgIpc) is 2.74. The number of ether oxygens (including phenoxy) is 1. The molecule has 1 rings (SSSR count). The van der Waals surface area contributed by atoms with Crippen molar-refractivity contribution in [1.29, 1.82) is 0 Å². The molecule has 0 aliphatic rings. The van der Waals surface area contributed by atoms with E-state index in [2.05, 4.69) is 0 Å². The molecule has 1 aromatic heterocycles. The van der Waals surface area contributed by atoms with E-state index in [1.807, 2.05) is 0 Å². The van der Waals surface area contributed by atoms with E-state index in [0.717, 1.165) is 22.8 Å². The quantitative estimate of drug-likeness (QED) is 0.630. The van der Waals surface area contributed by atoms with Crippen molar-refractivity contribution in [2.24, 2.45) is 0 Å². The Balaban J connectivity index is 3.12. The third-order valence-corrected chi connectivity index (χ3v) is 3.04. The van der Waals surface area contributed by atoms with Crippen LogP contribution in [-0.4, -0.2) is 31.6 Å². The van der Waals surface area contributed by atoms with Gasteiger partial charge in [0.1, 0.15) is 0 Å². The predicted molar refractivity (Wildman–Crippen MR) is 67.6 cm³/mol. The van der Waals surface area contributed by atoms with Crippen molar-refractivity contribution >= 4 is 22.9 Å². The zero-order chi connectivity index (χ0) is 14.6. The summed E-state index contributed by atoms with van der Waals surface area (Å²) in [4.78, 5) is 13.6. The van der Waals surface area contributed by atoms with E-state index in [1.54, 1.807) is 25.9 Å². The Morgan fingerprint density at radius 1 is 1.47 bits per heavy atom. The number of halogens is 3. The van der Waals surface area contributed by atoms with Gasteiger partial charge in [-0.25, -0.2) is 4.79 Å².